The van der Waals surface area contributed by atoms with Gasteiger partial charge in [-0.3, -0.25) is 0 Å². The van der Waals surface area contributed by atoms with Gasteiger partial charge in [0.25, 0.3) is 0 Å². The summed E-state index contributed by atoms with van der Waals surface area (Å²) in [5.41, 5.74) is 1.58. The summed E-state index contributed by atoms with van der Waals surface area (Å²) in [5, 5.41) is 3.42. The Labute approximate surface area is 119 Å². The largest absolute Gasteiger partial charge is 0.496 e. The molecule has 0 spiro atoms. The van der Waals surface area contributed by atoms with Crippen LogP contribution >= 0.6 is 15.9 Å². The predicted molar refractivity (Wildman–Crippen MR) is 81.3 cm³/mol. The summed E-state index contributed by atoms with van der Waals surface area (Å²) >= 11 is 3.52. The summed E-state index contributed by atoms with van der Waals surface area (Å²) in [6.07, 6.45) is 2.19. The molecule has 102 valence electrons. The van der Waals surface area contributed by atoms with Gasteiger partial charge in [-0.2, -0.15) is 0 Å². The SMILES string of the molecule is CCNCC(C)(C)CCc1cc(Br)ccc1OC. The molecule has 0 aliphatic heterocycles. The van der Waals surface area contributed by atoms with E-state index in [4.69, 9.17) is 4.74 Å². The van der Waals surface area contributed by atoms with E-state index in [1.165, 1.54) is 5.56 Å². The van der Waals surface area contributed by atoms with Gasteiger partial charge in [-0.1, -0.05) is 36.7 Å². The maximum absolute atomic E-state index is 5.41. The van der Waals surface area contributed by atoms with E-state index in [0.717, 1.165) is 36.2 Å². The van der Waals surface area contributed by atoms with Crippen LogP contribution in [0.25, 0.3) is 0 Å². The van der Waals surface area contributed by atoms with Gasteiger partial charge in [0, 0.05) is 11.0 Å². The molecule has 0 aromatic heterocycles. The fourth-order valence-electron chi connectivity index (χ4n) is 1.97. The smallest absolute Gasteiger partial charge is 0.122 e. The van der Waals surface area contributed by atoms with Crippen LogP contribution in [0.3, 0.4) is 0 Å². The van der Waals surface area contributed by atoms with Crippen molar-refractivity contribution < 1.29 is 4.74 Å². The fraction of sp³-hybridized carbons (Fsp3) is 0.600. The van der Waals surface area contributed by atoms with Crippen LogP contribution in [0.5, 0.6) is 5.75 Å². The number of hydrogen-bond donors (Lipinski definition) is 1. The fourth-order valence-corrected chi connectivity index (χ4v) is 2.38. The molecular weight excluding hydrogens is 290 g/mol. The second-order valence-electron chi connectivity index (χ2n) is 5.40. The van der Waals surface area contributed by atoms with Crippen LogP contribution in [0.15, 0.2) is 22.7 Å². The van der Waals surface area contributed by atoms with Crippen molar-refractivity contribution in [2.75, 3.05) is 20.2 Å². The van der Waals surface area contributed by atoms with Crippen LogP contribution in [-0.2, 0) is 6.42 Å². The number of rotatable bonds is 7. The van der Waals surface area contributed by atoms with E-state index >= 15 is 0 Å². The lowest BCUT2D eigenvalue weighted by Gasteiger charge is -2.25. The Morgan fingerprint density at radius 1 is 1.33 bits per heavy atom. The van der Waals surface area contributed by atoms with Crippen molar-refractivity contribution in [3.05, 3.63) is 28.2 Å². The molecule has 0 aliphatic rings. The van der Waals surface area contributed by atoms with E-state index in [-0.39, 0.29) is 0 Å². The minimum absolute atomic E-state index is 0.309. The molecule has 0 amide bonds. The minimum Gasteiger partial charge on any atom is -0.496 e. The van der Waals surface area contributed by atoms with E-state index < -0.39 is 0 Å². The number of ether oxygens (including phenoxy) is 1. The predicted octanol–water partition coefficient (Wildman–Crippen LogP) is 4.03. The highest BCUT2D eigenvalue weighted by Crippen LogP contribution is 2.28. The van der Waals surface area contributed by atoms with Crippen molar-refractivity contribution in [1.82, 2.24) is 5.32 Å². The molecule has 1 aromatic rings. The van der Waals surface area contributed by atoms with Crippen molar-refractivity contribution >= 4 is 15.9 Å². The molecule has 0 bridgehead atoms. The molecule has 0 heterocycles. The van der Waals surface area contributed by atoms with Gasteiger partial charge < -0.3 is 10.1 Å². The molecule has 0 atom stereocenters. The molecule has 0 saturated carbocycles. The zero-order valence-corrected chi connectivity index (χ0v) is 13.4. The molecule has 0 aliphatic carbocycles. The van der Waals surface area contributed by atoms with Crippen LogP contribution in [0.4, 0.5) is 0 Å². The average molecular weight is 314 g/mol. The van der Waals surface area contributed by atoms with Crippen LogP contribution in [0.2, 0.25) is 0 Å². The maximum atomic E-state index is 5.41. The lowest BCUT2D eigenvalue weighted by Crippen LogP contribution is -2.29. The normalized spacial score (nSPS) is 11.6. The lowest BCUT2D eigenvalue weighted by atomic mass is 9.86. The summed E-state index contributed by atoms with van der Waals surface area (Å²) < 4.78 is 6.52. The molecule has 1 N–H and O–H groups in total. The zero-order chi connectivity index (χ0) is 13.6. The van der Waals surface area contributed by atoms with Crippen LogP contribution < -0.4 is 10.1 Å². The average Bonchev–Trinajstić information content (AvgIpc) is 2.34. The van der Waals surface area contributed by atoms with Crippen molar-refractivity contribution in [2.24, 2.45) is 5.41 Å². The third-order valence-corrected chi connectivity index (χ3v) is 3.66. The Balaban J connectivity index is 2.64. The third-order valence-electron chi connectivity index (χ3n) is 3.17. The van der Waals surface area contributed by atoms with Crippen molar-refractivity contribution in [3.63, 3.8) is 0 Å². The maximum Gasteiger partial charge on any atom is 0.122 e. The quantitative estimate of drug-likeness (QED) is 0.820. The first kappa shape index (κ1) is 15.5. The number of methoxy groups -OCH3 is 1. The van der Waals surface area contributed by atoms with Crippen LogP contribution in [-0.4, -0.2) is 20.2 Å². The van der Waals surface area contributed by atoms with Gasteiger partial charge in [-0.05, 0) is 48.6 Å². The number of benzene rings is 1. The Kier molecular flexibility index (Phi) is 6.16. The highest BCUT2D eigenvalue weighted by Gasteiger charge is 2.18. The van der Waals surface area contributed by atoms with Gasteiger partial charge in [0.2, 0.25) is 0 Å². The summed E-state index contributed by atoms with van der Waals surface area (Å²) in [4.78, 5) is 0. The first-order chi connectivity index (χ1) is 8.48. The number of nitrogens with one attached hydrogen (secondary N) is 1. The molecule has 2 nitrogen and oxygen atoms in total. The molecule has 0 fully saturated rings. The highest BCUT2D eigenvalue weighted by molar-refractivity contribution is 9.10. The number of hydrogen-bond acceptors (Lipinski definition) is 2. The Hall–Kier alpha value is -0.540. The van der Waals surface area contributed by atoms with Crippen molar-refractivity contribution in [1.29, 1.82) is 0 Å². The summed E-state index contributed by atoms with van der Waals surface area (Å²) in [6.45, 7) is 8.84. The molecule has 1 rings (SSSR count). The molecule has 0 radical (unpaired) electrons. The lowest BCUT2D eigenvalue weighted by molar-refractivity contribution is 0.315. The Morgan fingerprint density at radius 3 is 2.67 bits per heavy atom. The Morgan fingerprint density at radius 2 is 2.06 bits per heavy atom. The van der Waals surface area contributed by atoms with Crippen LogP contribution in [0.1, 0.15) is 32.8 Å². The Bertz CT molecular complexity index is 377. The monoisotopic (exact) mass is 313 g/mol. The van der Waals surface area contributed by atoms with Gasteiger partial charge in [0.1, 0.15) is 5.75 Å². The van der Waals surface area contributed by atoms with Gasteiger partial charge >= 0.3 is 0 Å². The second kappa shape index (κ2) is 7.15. The van der Waals surface area contributed by atoms with E-state index in [2.05, 4.69) is 48.1 Å². The molecule has 3 heteroatoms. The molecule has 0 unspecified atom stereocenters. The number of halogens is 1. The standard InChI is InChI=1S/C15H24BrNO/c1-5-17-11-15(2,3)9-8-12-10-13(16)6-7-14(12)18-4/h6-7,10,17H,5,8-9,11H2,1-4H3. The molecule has 18 heavy (non-hydrogen) atoms. The summed E-state index contributed by atoms with van der Waals surface area (Å²) in [6, 6.07) is 6.20. The van der Waals surface area contributed by atoms with E-state index in [0.29, 0.717) is 5.41 Å². The minimum atomic E-state index is 0.309. The van der Waals surface area contributed by atoms with Gasteiger partial charge in [0.15, 0.2) is 0 Å². The summed E-state index contributed by atoms with van der Waals surface area (Å²) in [7, 11) is 1.73. The first-order valence-electron chi connectivity index (χ1n) is 6.51. The van der Waals surface area contributed by atoms with E-state index in [1.807, 2.05) is 12.1 Å². The number of aryl methyl sites for hydroxylation is 1. The second-order valence-corrected chi connectivity index (χ2v) is 6.32. The summed E-state index contributed by atoms with van der Waals surface area (Å²) in [5.74, 6) is 0.984. The first-order valence-corrected chi connectivity index (χ1v) is 7.31. The topological polar surface area (TPSA) is 21.3 Å². The van der Waals surface area contributed by atoms with Crippen molar-refractivity contribution in [3.8, 4) is 5.75 Å². The van der Waals surface area contributed by atoms with E-state index in [1.54, 1.807) is 7.11 Å². The highest BCUT2D eigenvalue weighted by atomic mass is 79.9. The van der Waals surface area contributed by atoms with Gasteiger partial charge in [0.05, 0.1) is 7.11 Å². The van der Waals surface area contributed by atoms with Crippen LogP contribution in [0, 0.1) is 5.41 Å². The molecule has 1 aromatic carbocycles. The van der Waals surface area contributed by atoms with Crippen molar-refractivity contribution in [2.45, 2.75) is 33.6 Å². The molecule has 0 saturated heterocycles. The van der Waals surface area contributed by atoms with Gasteiger partial charge in [-0.15, -0.1) is 0 Å². The third kappa shape index (κ3) is 4.99. The zero-order valence-electron chi connectivity index (χ0n) is 11.8. The van der Waals surface area contributed by atoms with Gasteiger partial charge in [-0.25, -0.2) is 0 Å². The molecular formula is C15H24BrNO. The van der Waals surface area contributed by atoms with E-state index in [9.17, 15) is 0 Å².